The maximum Gasteiger partial charge on any atom is 0.174 e. The van der Waals surface area contributed by atoms with E-state index in [1.807, 2.05) is 6.07 Å². The van der Waals surface area contributed by atoms with Crippen molar-refractivity contribution in [3.8, 4) is 11.5 Å². The van der Waals surface area contributed by atoms with E-state index in [-0.39, 0.29) is 0 Å². The van der Waals surface area contributed by atoms with Crippen LogP contribution in [0.3, 0.4) is 0 Å². The molecule has 0 N–H and O–H groups in total. The summed E-state index contributed by atoms with van der Waals surface area (Å²) in [6.45, 7) is 0. The molecule has 3 heteroatoms. The SMILES string of the molecule is COc1ccc2c(c1OC)Sc1ccccc1C2. The topological polar surface area (TPSA) is 18.5 Å². The van der Waals surface area contributed by atoms with Crippen LogP contribution in [0.15, 0.2) is 46.2 Å². The van der Waals surface area contributed by atoms with Gasteiger partial charge in [0.05, 0.1) is 19.1 Å². The highest BCUT2D eigenvalue weighted by Gasteiger charge is 2.21. The lowest BCUT2D eigenvalue weighted by atomic mass is 10.0. The van der Waals surface area contributed by atoms with Crippen molar-refractivity contribution >= 4 is 11.8 Å². The van der Waals surface area contributed by atoms with Crippen molar-refractivity contribution in [2.45, 2.75) is 16.2 Å². The second kappa shape index (κ2) is 4.58. The monoisotopic (exact) mass is 258 g/mol. The molecule has 2 aromatic rings. The highest BCUT2D eigenvalue weighted by atomic mass is 32.2. The Bertz CT molecular complexity index is 593. The van der Waals surface area contributed by atoms with Gasteiger partial charge in [-0.3, -0.25) is 0 Å². The van der Waals surface area contributed by atoms with Crippen LogP contribution in [0, 0.1) is 0 Å². The second-order valence-electron chi connectivity index (χ2n) is 4.18. The number of hydrogen-bond donors (Lipinski definition) is 0. The summed E-state index contributed by atoms with van der Waals surface area (Å²) in [6, 6.07) is 12.6. The van der Waals surface area contributed by atoms with Gasteiger partial charge < -0.3 is 9.47 Å². The van der Waals surface area contributed by atoms with E-state index in [4.69, 9.17) is 9.47 Å². The van der Waals surface area contributed by atoms with Crippen LogP contribution in [0.25, 0.3) is 0 Å². The lowest BCUT2D eigenvalue weighted by molar-refractivity contribution is 0.347. The molecule has 0 amide bonds. The molecule has 0 spiro atoms. The standard InChI is InChI=1S/C15H14O2S/c1-16-12-8-7-11-9-10-5-3-4-6-13(10)18-15(11)14(12)17-2/h3-8H,9H2,1-2H3. The molecule has 2 aromatic carbocycles. The first kappa shape index (κ1) is 11.5. The van der Waals surface area contributed by atoms with Gasteiger partial charge in [-0.25, -0.2) is 0 Å². The summed E-state index contributed by atoms with van der Waals surface area (Å²) in [5.74, 6) is 1.64. The third-order valence-corrected chi connectivity index (χ3v) is 4.42. The molecular weight excluding hydrogens is 244 g/mol. The number of benzene rings is 2. The Balaban J connectivity index is 2.13. The zero-order chi connectivity index (χ0) is 12.5. The maximum absolute atomic E-state index is 5.50. The van der Waals surface area contributed by atoms with E-state index in [2.05, 4.69) is 30.3 Å². The molecular formula is C15H14O2S. The normalized spacial score (nSPS) is 12.6. The minimum atomic E-state index is 0.795. The molecule has 18 heavy (non-hydrogen) atoms. The largest absolute Gasteiger partial charge is 0.493 e. The van der Waals surface area contributed by atoms with Crippen molar-refractivity contribution in [1.82, 2.24) is 0 Å². The lowest BCUT2D eigenvalue weighted by Gasteiger charge is -2.22. The summed E-state index contributed by atoms with van der Waals surface area (Å²) in [5, 5.41) is 0. The van der Waals surface area contributed by atoms with E-state index in [0.29, 0.717) is 0 Å². The predicted molar refractivity (Wildman–Crippen MR) is 72.9 cm³/mol. The van der Waals surface area contributed by atoms with Crippen LogP contribution in [0.1, 0.15) is 11.1 Å². The average Bonchev–Trinajstić information content (AvgIpc) is 2.43. The molecule has 0 aromatic heterocycles. The number of ether oxygens (including phenoxy) is 2. The fraction of sp³-hybridized carbons (Fsp3) is 0.200. The Morgan fingerprint density at radius 1 is 0.944 bits per heavy atom. The first-order valence-electron chi connectivity index (χ1n) is 5.83. The van der Waals surface area contributed by atoms with Gasteiger partial charge in [-0.15, -0.1) is 0 Å². The van der Waals surface area contributed by atoms with Gasteiger partial charge in [0.2, 0.25) is 0 Å². The molecule has 3 rings (SSSR count). The first-order valence-corrected chi connectivity index (χ1v) is 6.64. The van der Waals surface area contributed by atoms with Gasteiger partial charge in [0.1, 0.15) is 0 Å². The molecule has 92 valence electrons. The molecule has 1 aliphatic heterocycles. The summed E-state index contributed by atoms with van der Waals surface area (Å²) in [7, 11) is 3.37. The Morgan fingerprint density at radius 2 is 1.78 bits per heavy atom. The van der Waals surface area contributed by atoms with Crippen molar-refractivity contribution in [3.05, 3.63) is 47.5 Å². The summed E-state index contributed by atoms with van der Waals surface area (Å²) < 4.78 is 10.9. The second-order valence-corrected chi connectivity index (χ2v) is 5.23. The molecule has 0 saturated carbocycles. The number of fused-ring (bicyclic) bond motifs is 2. The molecule has 2 nitrogen and oxygen atoms in total. The molecule has 0 fully saturated rings. The quantitative estimate of drug-likeness (QED) is 0.697. The zero-order valence-corrected chi connectivity index (χ0v) is 11.2. The van der Waals surface area contributed by atoms with Gasteiger partial charge >= 0.3 is 0 Å². The third kappa shape index (κ3) is 1.75. The molecule has 0 aliphatic carbocycles. The summed E-state index contributed by atoms with van der Waals surface area (Å²) >= 11 is 1.76. The summed E-state index contributed by atoms with van der Waals surface area (Å²) in [5.41, 5.74) is 2.68. The number of methoxy groups -OCH3 is 2. The van der Waals surface area contributed by atoms with Gasteiger partial charge in [-0.2, -0.15) is 0 Å². The van der Waals surface area contributed by atoms with E-state index < -0.39 is 0 Å². The number of rotatable bonds is 2. The van der Waals surface area contributed by atoms with Crippen LogP contribution < -0.4 is 9.47 Å². The van der Waals surface area contributed by atoms with Gasteiger partial charge in [-0.05, 0) is 29.7 Å². The predicted octanol–water partition coefficient (Wildman–Crippen LogP) is 3.76. The molecule has 1 aliphatic rings. The minimum Gasteiger partial charge on any atom is -0.493 e. The fourth-order valence-corrected chi connectivity index (χ4v) is 3.44. The van der Waals surface area contributed by atoms with Crippen LogP contribution in [0.2, 0.25) is 0 Å². The lowest BCUT2D eigenvalue weighted by Crippen LogP contribution is -2.02. The fourth-order valence-electron chi connectivity index (χ4n) is 2.26. The zero-order valence-electron chi connectivity index (χ0n) is 10.4. The molecule has 0 unspecified atom stereocenters. The summed E-state index contributed by atoms with van der Waals surface area (Å²) in [6.07, 6.45) is 0.957. The van der Waals surface area contributed by atoms with Gasteiger partial charge in [-0.1, -0.05) is 36.0 Å². The molecule has 0 radical (unpaired) electrons. The Kier molecular flexibility index (Phi) is 2.92. The summed E-state index contributed by atoms with van der Waals surface area (Å²) in [4.78, 5) is 2.48. The Morgan fingerprint density at radius 3 is 2.56 bits per heavy atom. The van der Waals surface area contributed by atoms with Crippen LogP contribution in [-0.4, -0.2) is 14.2 Å². The van der Waals surface area contributed by atoms with Gasteiger partial charge in [0.25, 0.3) is 0 Å². The van der Waals surface area contributed by atoms with Crippen molar-refractivity contribution in [2.75, 3.05) is 14.2 Å². The van der Waals surface area contributed by atoms with Crippen LogP contribution >= 0.6 is 11.8 Å². The smallest absolute Gasteiger partial charge is 0.174 e. The van der Waals surface area contributed by atoms with Gasteiger partial charge in [0, 0.05) is 4.90 Å². The van der Waals surface area contributed by atoms with E-state index >= 15 is 0 Å². The first-order chi connectivity index (χ1) is 8.83. The Labute approximate surface area is 111 Å². The van der Waals surface area contributed by atoms with Crippen LogP contribution in [0.4, 0.5) is 0 Å². The molecule has 0 bridgehead atoms. The van der Waals surface area contributed by atoms with E-state index in [1.54, 1.807) is 26.0 Å². The van der Waals surface area contributed by atoms with Crippen LogP contribution in [-0.2, 0) is 6.42 Å². The van der Waals surface area contributed by atoms with Crippen molar-refractivity contribution in [2.24, 2.45) is 0 Å². The van der Waals surface area contributed by atoms with Gasteiger partial charge in [0.15, 0.2) is 11.5 Å². The minimum absolute atomic E-state index is 0.795. The number of hydrogen-bond acceptors (Lipinski definition) is 3. The maximum atomic E-state index is 5.50. The highest BCUT2D eigenvalue weighted by Crippen LogP contribution is 2.47. The van der Waals surface area contributed by atoms with E-state index in [0.717, 1.165) is 17.9 Å². The highest BCUT2D eigenvalue weighted by molar-refractivity contribution is 7.99. The molecule has 0 atom stereocenters. The molecule has 1 heterocycles. The van der Waals surface area contributed by atoms with E-state index in [1.165, 1.54) is 20.9 Å². The van der Waals surface area contributed by atoms with Crippen LogP contribution in [0.5, 0.6) is 11.5 Å². The Hall–Kier alpha value is -1.61. The molecule has 0 saturated heterocycles. The third-order valence-electron chi connectivity index (χ3n) is 3.15. The van der Waals surface area contributed by atoms with Crippen molar-refractivity contribution in [1.29, 1.82) is 0 Å². The average molecular weight is 258 g/mol. The van der Waals surface area contributed by atoms with Crippen molar-refractivity contribution < 1.29 is 9.47 Å². The van der Waals surface area contributed by atoms with Crippen molar-refractivity contribution in [3.63, 3.8) is 0 Å². The van der Waals surface area contributed by atoms with E-state index in [9.17, 15) is 0 Å².